The van der Waals surface area contributed by atoms with Crippen LogP contribution in [-0.4, -0.2) is 7.05 Å². The molecule has 0 aromatic heterocycles. The third-order valence-corrected chi connectivity index (χ3v) is 0.822. The van der Waals surface area contributed by atoms with Gasteiger partial charge in [-0.3, -0.25) is 4.72 Å². The lowest BCUT2D eigenvalue weighted by Gasteiger charge is -1.74. The van der Waals surface area contributed by atoms with Crippen molar-refractivity contribution in [1.82, 2.24) is 4.72 Å². The van der Waals surface area contributed by atoms with E-state index >= 15 is 0 Å². The highest BCUT2D eigenvalue weighted by Crippen LogP contribution is 1.91. The van der Waals surface area contributed by atoms with Crippen molar-refractivity contribution in [2.45, 2.75) is 0 Å². The second kappa shape index (κ2) is 3.66. The summed E-state index contributed by atoms with van der Waals surface area (Å²) in [7, 11) is 3.12. The molecule has 1 nitrogen and oxygen atoms in total. The molecular weight excluding hydrogens is 90.2 g/mol. The molecule has 0 rings (SSSR count). The van der Waals surface area contributed by atoms with Crippen molar-refractivity contribution in [1.29, 1.82) is 0 Å². The number of rotatable bonds is 1. The minimum Gasteiger partial charge on any atom is -0.258 e. The first-order valence-corrected chi connectivity index (χ1v) is 2.76. The third-order valence-electron chi connectivity index (χ3n) is 0.0913. The van der Waals surface area contributed by atoms with Gasteiger partial charge >= 0.3 is 0 Å². The molecule has 0 aliphatic carbocycles. The van der Waals surface area contributed by atoms with Crippen molar-refractivity contribution in [3.05, 3.63) is 0 Å². The molecule has 0 spiro atoms. The van der Waals surface area contributed by atoms with Gasteiger partial charge in [-0.1, -0.05) is 11.7 Å². The predicted octanol–water partition coefficient (Wildman–Crippen LogP) is 0.699. The van der Waals surface area contributed by atoms with Gasteiger partial charge in [-0.2, -0.15) is 0 Å². The van der Waals surface area contributed by atoms with Gasteiger partial charge in [-0.05, 0) is 18.0 Å². The van der Waals surface area contributed by atoms with Gasteiger partial charge in [0.25, 0.3) is 0 Å². The summed E-state index contributed by atoms with van der Waals surface area (Å²) in [5, 5.41) is 0. The average Bonchev–Trinajstić information content (AvgIpc) is 1.37. The number of nitrogens with one attached hydrogen (secondary N) is 1. The van der Waals surface area contributed by atoms with Crippen LogP contribution in [0.25, 0.3) is 0 Å². The first kappa shape index (κ1) is 4.66. The zero-order chi connectivity index (χ0) is 3.41. The van der Waals surface area contributed by atoms with Crippen LogP contribution in [0.4, 0.5) is 0 Å². The minimum absolute atomic E-state index is 1.30. The second-order valence-electron chi connectivity index (χ2n) is 0.295. The molecule has 0 aromatic carbocycles. The fourth-order valence-corrected chi connectivity index (χ4v) is 0. The van der Waals surface area contributed by atoms with Gasteiger partial charge < -0.3 is 0 Å². The van der Waals surface area contributed by atoms with E-state index in [-0.39, 0.29) is 0 Å². The first-order chi connectivity index (χ1) is 1.91. The molecule has 3 heteroatoms. The van der Waals surface area contributed by atoms with E-state index in [1.165, 1.54) is 11.0 Å². The molecule has 1 N–H and O–H groups in total. The molecular formula is CH5NS2. The highest BCUT2D eigenvalue weighted by molar-refractivity contribution is 8.67. The summed E-state index contributed by atoms with van der Waals surface area (Å²) in [6, 6.07) is 0. The van der Waals surface area contributed by atoms with E-state index in [1.54, 1.807) is 0 Å². The number of hydrogen-bond donors (Lipinski definition) is 2. The Kier molecular flexibility index (Phi) is 4.26. The quantitative estimate of drug-likeness (QED) is 0.282. The standard InChI is InChI=1S/CH5NS2/c1-2-4-3/h2-3H,1H3. The Balaban J connectivity index is 1.97. The Morgan fingerprint density at radius 2 is 2.25 bits per heavy atom. The number of hydrogen-bond acceptors (Lipinski definition) is 3. The van der Waals surface area contributed by atoms with Crippen molar-refractivity contribution in [3.63, 3.8) is 0 Å². The van der Waals surface area contributed by atoms with E-state index < -0.39 is 0 Å². The van der Waals surface area contributed by atoms with Gasteiger partial charge in [0.15, 0.2) is 0 Å². The van der Waals surface area contributed by atoms with Crippen LogP contribution in [0.1, 0.15) is 0 Å². The van der Waals surface area contributed by atoms with Crippen LogP contribution in [0.3, 0.4) is 0 Å². The summed E-state index contributed by atoms with van der Waals surface area (Å²) < 4.78 is 2.71. The van der Waals surface area contributed by atoms with Crippen LogP contribution in [0.15, 0.2) is 0 Å². The van der Waals surface area contributed by atoms with Crippen molar-refractivity contribution in [2.24, 2.45) is 0 Å². The maximum Gasteiger partial charge on any atom is -0.00486 e. The van der Waals surface area contributed by atoms with E-state index in [2.05, 4.69) is 16.4 Å². The van der Waals surface area contributed by atoms with Gasteiger partial charge in [0, 0.05) is 0 Å². The van der Waals surface area contributed by atoms with E-state index in [9.17, 15) is 0 Å². The van der Waals surface area contributed by atoms with Gasteiger partial charge in [-0.25, -0.2) is 0 Å². The molecule has 0 unspecified atom stereocenters. The fourth-order valence-electron chi connectivity index (χ4n) is 0. The van der Waals surface area contributed by atoms with Gasteiger partial charge in [0.1, 0.15) is 0 Å². The summed E-state index contributed by atoms with van der Waals surface area (Å²) in [6.07, 6.45) is 0. The molecule has 0 heterocycles. The Labute approximate surface area is 35.1 Å². The largest absolute Gasteiger partial charge is 0.258 e. The molecule has 26 valence electrons. The van der Waals surface area contributed by atoms with Crippen LogP contribution in [0.2, 0.25) is 0 Å². The molecule has 0 saturated carbocycles. The first-order valence-electron chi connectivity index (χ1n) is 0.887. The van der Waals surface area contributed by atoms with Crippen molar-refractivity contribution < 1.29 is 0 Å². The minimum atomic E-state index is 1.30. The summed E-state index contributed by atoms with van der Waals surface area (Å²) in [5.41, 5.74) is 0. The van der Waals surface area contributed by atoms with Crippen LogP contribution < -0.4 is 4.72 Å². The third kappa shape index (κ3) is 2.66. The Hall–Kier alpha value is 0.660. The van der Waals surface area contributed by atoms with E-state index in [0.717, 1.165) is 0 Å². The summed E-state index contributed by atoms with van der Waals surface area (Å²) in [6.45, 7) is 0. The Bertz CT molecular complexity index is 8.00. The van der Waals surface area contributed by atoms with Crippen molar-refractivity contribution in [2.75, 3.05) is 7.05 Å². The molecule has 0 bridgehead atoms. The maximum absolute atomic E-state index is 3.73. The lowest BCUT2D eigenvalue weighted by atomic mass is 11.6. The van der Waals surface area contributed by atoms with Gasteiger partial charge in [0.05, 0.1) is 0 Å². The molecule has 0 aliphatic rings. The highest BCUT2D eigenvalue weighted by Gasteiger charge is 1.51. The molecule has 0 radical (unpaired) electrons. The lowest BCUT2D eigenvalue weighted by molar-refractivity contribution is 1.31. The Morgan fingerprint density at radius 3 is 2.25 bits per heavy atom. The van der Waals surface area contributed by atoms with Crippen LogP contribution >= 0.6 is 22.6 Å². The average molecular weight is 95.2 g/mol. The molecule has 0 amide bonds. The fraction of sp³-hybridized carbons (Fsp3) is 1.00. The second-order valence-corrected chi connectivity index (χ2v) is 1.43. The van der Waals surface area contributed by atoms with Crippen molar-refractivity contribution in [3.8, 4) is 0 Å². The summed E-state index contributed by atoms with van der Waals surface area (Å²) in [5.74, 6) is 0. The van der Waals surface area contributed by atoms with Crippen LogP contribution in [0, 0.1) is 0 Å². The van der Waals surface area contributed by atoms with Crippen LogP contribution in [0.5, 0.6) is 0 Å². The van der Waals surface area contributed by atoms with Crippen molar-refractivity contribution >= 4 is 22.6 Å². The number of thiol groups is 1. The molecule has 0 fully saturated rings. The zero-order valence-corrected chi connectivity index (χ0v) is 4.07. The predicted molar refractivity (Wildman–Crippen MR) is 25.6 cm³/mol. The van der Waals surface area contributed by atoms with Crippen LogP contribution in [-0.2, 0) is 0 Å². The van der Waals surface area contributed by atoms with E-state index in [0.29, 0.717) is 0 Å². The molecule has 0 aromatic rings. The van der Waals surface area contributed by atoms with E-state index in [1.807, 2.05) is 7.05 Å². The highest BCUT2D eigenvalue weighted by atomic mass is 33.1. The lowest BCUT2D eigenvalue weighted by Crippen LogP contribution is -1.82. The smallest absolute Gasteiger partial charge is 0.00486 e. The Morgan fingerprint density at radius 1 is 2.00 bits per heavy atom. The molecule has 4 heavy (non-hydrogen) atoms. The topological polar surface area (TPSA) is 12.0 Å². The normalized spacial score (nSPS) is 7.50. The molecule has 0 saturated heterocycles. The monoisotopic (exact) mass is 95.0 g/mol. The SMILES string of the molecule is CNSS. The summed E-state index contributed by atoms with van der Waals surface area (Å²) in [4.78, 5) is 0. The van der Waals surface area contributed by atoms with Gasteiger partial charge in [0.2, 0.25) is 0 Å². The maximum atomic E-state index is 3.73. The molecule has 0 aliphatic heterocycles. The van der Waals surface area contributed by atoms with Gasteiger partial charge in [-0.15, -0.1) is 0 Å². The molecule has 0 atom stereocenters. The zero-order valence-electron chi connectivity index (χ0n) is 2.36. The van der Waals surface area contributed by atoms with E-state index in [4.69, 9.17) is 0 Å². The summed E-state index contributed by atoms with van der Waals surface area (Å²) >= 11 is 3.73.